The van der Waals surface area contributed by atoms with E-state index >= 15 is 0 Å². The first-order chi connectivity index (χ1) is 18.0. The standard InChI is InChI=1S/C24H27F6N5O3S/c1-22(2,38)11-32-19(36)20-34-17(21(37)35-5-3-12(25)4-6-35)18(39-20)14-10-31-16(7-15(14)24(28,29)30)33-13-8-23(26,27)9-13/h7,10,12-13,38H,3-6,8-9,11H2,1-2H3,(H,31,33)(H,32,36). The number of nitrogens with one attached hydrogen (secondary N) is 2. The summed E-state index contributed by atoms with van der Waals surface area (Å²) in [4.78, 5) is 35.1. The Labute approximate surface area is 223 Å². The van der Waals surface area contributed by atoms with E-state index in [9.17, 15) is 41.0 Å². The zero-order valence-electron chi connectivity index (χ0n) is 21.0. The first-order valence-electron chi connectivity index (χ1n) is 12.2. The lowest BCUT2D eigenvalue weighted by Crippen LogP contribution is -2.44. The third kappa shape index (κ3) is 6.99. The highest BCUT2D eigenvalue weighted by atomic mass is 32.1. The van der Waals surface area contributed by atoms with Crippen LogP contribution in [0.15, 0.2) is 12.3 Å². The lowest BCUT2D eigenvalue weighted by atomic mass is 9.88. The normalized spacial score (nSPS) is 18.5. The van der Waals surface area contributed by atoms with Crippen LogP contribution in [-0.4, -0.2) is 75.2 Å². The van der Waals surface area contributed by atoms with Gasteiger partial charge in [0.15, 0.2) is 5.01 Å². The molecule has 0 aromatic carbocycles. The summed E-state index contributed by atoms with van der Waals surface area (Å²) >= 11 is 0.544. The summed E-state index contributed by atoms with van der Waals surface area (Å²) in [5.41, 5.74) is -3.42. The Balaban J connectivity index is 1.72. The van der Waals surface area contributed by atoms with Crippen LogP contribution in [0.1, 0.15) is 65.4 Å². The number of alkyl halides is 6. The smallest absolute Gasteiger partial charge is 0.389 e. The number of pyridine rings is 1. The van der Waals surface area contributed by atoms with Crippen molar-refractivity contribution >= 4 is 29.0 Å². The van der Waals surface area contributed by atoms with Gasteiger partial charge < -0.3 is 20.6 Å². The van der Waals surface area contributed by atoms with Gasteiger partial charge in [-0.1, -0.05) is 0 Å². The number of hydrogen-bond donors (Lipinski definition) is 3. The Morgan fingerprint density at radius 2 is 1.85 bits per heavy atom. The minimum atomic E-state index is -4.93. The Morgan fingerprint density at radius 3 is 2.41 bits per heavy atom. The van der Waals surface area contributed by atoms with Crippen LogP contribution in [0.2, 0.25) is 0 Å². The SMILES string of the molecule is CC(C)(O)CNC(=O)c1nc(C(=O)N2CCC(F)CC2)c(-c2cnc(NC3CC(F)(F)C3)cc2C(F)(F)F)s1. The van der Waals surface area contributed by atoms with E-state index in [4.69, 9.17) is 0 Å². The molecule has 3 heterocycles. The molecule has 2 aliphatic rings. The molecular formula is C24H27F6N5O3S. The van der Waals surface area contributed by atoms with Gasteiger partial charge in [0.25, 0.3) is 17.7 Å². The van der Waals surface area contributed by atoms with Crippen molar-refractivity contribution in [3.63, 3.8) is 0 Å². The molecule has 0 spiro atoms. The first kappa shape index (κ1) is 29.1. The minimum Gasteiger partial charge on any atom is -0.389 e. The molecule has 3 N–H and O–H groups in total. The summed E-state index contributed by atoms with van der Waals surface area (Å²) in [5, 5.41) is 14.6. The number of thiazole rings is 1. The van der Waals surface area contributed by atoms with E-state index in [1.165, 1.54) is 18.7 Å². The summed E-state index contributed by atoms with van der Waals surface area (Å²) in [7, 11) is 0. The maximum absolute atomic E-state index is 14.2. The Bertz CT molecular complexity index is 1230. The number of carbonyl (C=O) groups is 2. The summed E-state index contributed by atoms with van der Waals surface area (Å²) in [6, 6.07) is -0.0768. The number of amides is 2. The van der Waals surface area contributed by atoms with E-state index in [0.717, 1.165) is 6.20 Å². The molecule has 1 aliphatic carbocycles. The van der Waals surface area contributed by atoms with Gasteiger partial charge in [-0.25, -0.2) is 23.1 Å². The molecule has 2 fully saturated rings. The van der Waals surface area contributed by atoms with Crippen molar-refractivity contribution in [2.45, 2.75) is 69.4 Å². The van der Waals surface area contributed by atoms with E-state index in [1.54, 1.807) is 0 Å². The molecule has 2 amide bonds. The highest BCUT2D eigenvalue weighted by molar-refractivity contribution is 7.17. The number of nitrogens with zero attached hydrogens (tertiary/aromatic N) is 3. The third-order valence-electron chi connectivity index (χ3n) is 6.31. The maximum Gasteiger partial charge on any atom is 0.417 e. The fourth-order valence-electron chi connectivity index (χ4n) is 4.24. The topological polar surface area (TPSA) is 107 Å². The van der Waals surface area contributed by atoms with Crippen LogP contribution in [0.3, 0.4) is 0 Å². The Morgan fingerprint density at radius 1 is 1.21 bits per heavy atom. The fraction of sp³-hybridized carbons (Fsp3) is 0.583. The molecule has 8 nitrogen and oxygen atoms in total. The van der Waals surface area contributed by atoms with Gasteiger partial charge in [-0.05, 0) is 32.8 Å². The van der Waals surface area contributed by atoms with Gasteiger partial charge in [0, 0.05) is 50.3 Å². The minimum absolute atomic E-state index is 0.0243. The number of anilines is 1. The van der Waals surface area contributed by atoms with Crippen LogP contribution in [0, 0.1) is 0 Å². The van der Waals surface area contributed by atoms with E-state index in [-0.39, 0.29) is 48.2 Å². The second-order valence-corrected chi connectivity index (χ2v) is 11.4. The van der Waals surface area contributed by atoms with Crippen LogP contribution < -0.4 is 10.6 Å². The monoisotopic (exact) mass is 579 g/mol. The number of aliphatic hydroxyl groups is 1. The molecule has 15 heteroatoms. The van der Waals surface area contributed by atoms with Gasteiger partial charge in [0.05, 0.1) is 16.0 Å². The number of piperidine rings is 1. The van der Waals surface area contributed by atoms with Crippen molar-refractivity contribution in [1.29, 1.82) is 0 Å². The Hall–Kier alpha value is -2.94. The average molecular weight is 580 g/mol. The number of rotatable bonds is 7. The van der Waals surface area contributed by atoms with Gasteiger partial charge in [0.1, 0.15) is 17.7 Å². The highest BCUT2D eigenvalue weighted by Gasteiger charge is 2.46. The van der Waals surface area contributed by atoms with Gasteiger partial charge in [0.2, 0.25) is 0 Å². The van der Waals surface area contributed by atoms with Gasteiger partial charge in [-0.15, -0.1) is 11.3 Å². The predicted molar refractivity (Wildman–Crippen MR) is 131 cm³/mol. The van der Waals surface area contributed by atoms with E-state index in [1.807, 2.05) is 0 Å². The first-order valence-corrected chi connectivity index (χ1v) is 13.0. The Kier molecular flexibility index (Phi) is 7.87. The predicted octanol–water partition coefficient (Wildman–Crippen LogP) is 4.51. The van der Waals surface area contributed by atoms with Crippen molar-refractivity contribution < 1.29 is 41.0 Å². The molecular weight excluding hydrogens is 552 g/mol. The number of aromatic nitrogens is 2. The van der Waals surface area contributed by atoms with Crippen LogP contribution in [0.5, 0.6) is 0 Å². The molecule has 4 rings (SSSR count). The fourth-order valence-corrected chi connectivity index (χ4v) is 5.24. The van der Waals surface area contributed by atoms with E-state index < -0.39 is 71.4 Å². The second kappa shape index (κ2) is 10.6. The van der Waals surface area contributed by atoms with Crippen molar-refractivity contribution in [1.82, 2.24) is 20.2 Å². The van der Waals surface area contributed by atoms with Crippen molar-refractivity contribution in [3.8, 4) is 10.4 Å². The average Bonchev–Trinajstić information content (AvgIpc) is 3.26. The van der Waals surface area contributed by atoms with Crippen LogP contribution in [0.25, 0.3) is 10.4 Å². The molecule has 0 bridgehead atoms. The van der Waals surface area contributed by atoms with Gasteiger partial charge in [-0.2, -0.15) is 13.2 Å². The quantitative estimate of drug-likeness (QED) is 0.417. The summed E-state index contributed by atoms with van der Waals surface area (Å²) < 4.78 is 82.5. The summed E-state index contributed by atoms with van der Waals surface area (Å²) in [6.07, 6.45) is -6.14. The van der Waals surface area contributed by atoms with E-state index in [2.05, 4.69) is 20.6 Å². The number of likely N-dealkylation sites (tertiary alicyclic amines) is 1. The van der Waals surface area contributed by atoms with Gasteiger partial charge in [-0.3, -0.25) is 9.59 Å². The molecule has 0 unspecified atom stereocenters. The third-order valence-corrected chi connectivity index (χ3v) is 7.40. The summed E-state index contributed by atoms with van der Waals surface area (Å²) in [6.45, 7) is 2.73. The molecule has 214 valence electrons. The van der Waals surface area contributed by atoms with Crippen molar-refractivity contribution in [2.24, 2.45) is 0 Å². The number of halogens is 6. The molecule has 1 saturated heterocycles. The molecule has 39 heavy (non-hydrogen) atoms. The van der Waals surface area contributed by atoms with Crippen LogP contribution in [0.4, 0.5) is 32.2 Å². The molecule has 1 saturated carbocycles. The maximum atomic E-state index is 14.2. The molecule has 0 radical (unpaired) electrons. The van der Waals surface area contributed by atoms with Crippen LogP contribution >= 0.6 is 11.3 Å². The largest absolute Gasteiger partial charge is 0.417 e. The second-order valence-electron chi connectivity index (χ2n) is 10.4. The molecule has 1 aliphatic heterocycles. The number of carbonyl (C=O) groups excluding carboxylic acids is 2. The lowest BCUT2D eigenvalue weighted by molar-refractivity contribution is -0.137. The summed E-state index contributed by atoms with van der Waals surface area (Å²) in [5.74, 6) is -4.73. The van der Waals surface area contributed by atoms with Crippen molar-refractivity contribution in [3.05, 3.63) is 28.5 Å². The van der Waals surface area contributed by atoms with E-state index in [0.29, 0.717) is 17.4 Å². The lowest BCUT2D eigenvalue weighted by Gasteiger charge is -2.35. The number of hydrogen-bond acceptors (Lipinski definition) is 7. The highest BCUT2D eigenvalue weighted by Crippen LogP contribution is 2.43. The van der Waals surface area contributed by atoms with Crippen LogP contribution in [-0.2, 0) is 6.18 Å². The molecule has 0 atom stereocenters. The zero-order chi connectivity index (χ0) is 28.8. The zero-order valence-corrected chi connectivity index (χ0v) is 21.9. The molecule has 2 aromatic heterocycles. The molecule has 2 aromatic rings. The van der Waals surface area contributed by atoms with Crippen molar-refractivity contribution in [2.75, 3.05) is 25.0 Å². The van der Waals surface area contributed by atoms with Gasteiger partial charge >= 0.3 is 6.18 Å².